The van der Waals surface area contributed by atoms with Gasteiger partial charge in [0.15, 0.2) is 17.8 Å². The molecular weight excluding hydrogens is 682 g/mol. The van der Waals surface area contributed by atoms with Crippen molar-refractivity contribution in [2.45, 2.75) is 121 Å². The predicted molar refractivity (Wildman–Crippen MR) is 194 cm³/mol. The quantitative estimate of drug-likeness (QED) is 0.180. The number of ether oxygens (including phenoxy) is 6. The highest BCUT2D eigenvalue weighted by Gasteiger charge is 2.63. The van der Waals surface area contributed by atoms with Crippen LogP contribution in [0.25, 0.3) is 0 Å². The van der Waals surface area contributed by atoms with E-state index in [9.17, 15) is 19.8 Å². The summed E-state index contributed by atoms with van der Waals surface area (Å²) < 4.78 is 37.5. The number of hydrogen-bond donors (Lipinski definition) is 2. The van der Waals surface area contributed by atoms with E-state index in [4.69, 9.17) is 33.3 Å². The van der Waals surface area contributed by atoms with Crippen molar-refractivity contribution in [2.75, 3.05) is 14.2 Å². The Kier molecular flexibility index (Phi) is 11.8. The zero-order chi connectivity index (χ0) is 38.1. The number of aliphatic hydroxyl groups is 2. The molecule has 2 N–H and O–H groups in total. The highest BCUT2D eigenvalue weighted by Crippen LogP contribution is 2.49. The SMILES string of the molecule is CO/N=C(/C(=O)OC1/C(C)=C/CC2CC(CC3(CC[C@H](C)C(C)O3)O2)OC(=O)C2C=C(C)[C@@H](O)C3O[C@H](OC)/C(=C\C=C\[C@@H]1C)[C@@]23O)c1ccccc1. The smallest absolute Gasteiger partial charge is 0.361 e. The fraction of sp³-hybridized carbons (Fsp3) is 0.585. The number of benzene rings is 1. The van der Waals surface area contributed by atoms with Crippen LogP contribution in [0.2, 0.25) is 0 Å². The van der Waals surface area contributed by atoms with Gasteiger partial charge in [0.05, 0.1) is 12.2 Å². The Morgan fingerprint density at radius 1 is 1.04 bits per heavy atom. The lowest BCUT2D eigenvalue weighted by Gasteiger charge is -2.49. The molecule has 2 bridgehead atoms. The summed E-state index contributed by atoms with van der Waals surface area (Å²) in [6.07, 6.45) is 6.16. The van der Waals surface area contributed by atoms with Crippen molar-refractivity contribution < 1.29 is 53.1 Å². The molecule has 1 aromatic rings. The van der Waals surface area contributed by atoms with E-state index < -0.39 is 66.1 Å². The molecule has 0 amide bonds. The second kappa shape index (κ2) is 16.0. The lowest BCUT2D eigenvalue weighted by Crippen LogP contribution is -2.58. The first-order valence-corrected chi connectivity index (χ1v) is 18.6. The Hall–Kier alpha value is -3.65. The molecule has 12 nitrogen and oxygen atoms in total. The lowest BCUT2D eigenvalue weighted by molar-refractivity contribution is -0.332. The molecule has 4 aliphatic heterocycles. The van der Waals surface area contributed by atoms with Gasteiger partial charge in [-0.1, -0.05) is 79.7 Å². The molecule has 1 aromatic carbocycles. The minimum Gasteiger partial charge on any atom is -0.462 e. The summed E-state index contributed by atoms with van der Waals surface area (Å²) in [6.45, 7) is 9.69. The minimum atomic E-state index is -1.99. The van der Waals surface area contributed by atoms with Crippen molar-refractivity contribution in [3.05, 3.63) is 83.0 Å². The lowest BCUT2D eigenvalue weighted by atomic mass is 9.70. The number of esters is 2. The summed E-state index contributed by atoms with van der Waals surface area (Å²) in [5, 5.41) is 27.7. The van der Waals surface area contributed by atoms with Gasteiger partial charge in [-0.15, -0.1) is 0 Å². The van der Waals surface area contributed by atoms with Crippen LogP contribution in [-0.2, 0) is 42.8 Å². The highest BCUT2D eigenvalue weighted by molar-refractivity contribution is 6.43. The van der Waals surface area contributed by atoms with Crippen LogP contribution in [0.4, 0.5) is 0 Å². The molecular formula is C41H53NO11. The van der Waals surface area contributed by atoms with Crippen LogP contribution in [-0.4, -0.2) is 96.4 Å². The molecule has 5 aliphatic rings. The van der Waals surface area contributed by atoms with Gasteiger partial charge in [0, 0.05) is 43.4 Å². The Labute approximate surface area is 311 Å². The Morgan fingerprint density at radius 2 is 1.79 bits per heavy atom. The number of nitrogens with zero attached hydrogens (tertiary/aromatic N) is 1. The normalized spacial score (nSPS) is 41.9. The van der Waals surface area contributed by atoms with Crippen molar-refractivity contribution in [2.24, 2.45) is 22.9 Å². The molecule has 6 rings (SSSR count). The molecule has 0 aromatic heterocycles. The summed E-state index contributed by atoms with van der Waals surface area (Å²) >= 11 is 0. The van der Waals surface area contributed by atoms with Crippen LogP contribution in [0, 0.1) is 17.8 Å². The summed E-state index contributed by atoms with van der Waals surface area (Å²) in [6, 6.07) is 8.95. The number of hydrogen-bond acceptors (Lipinski definition) is 12. The molecule has 7 unspecified atom stereocenters. The maximum atomic E-state index is 14.2. The van der Waals surface area contributed by atoms with Gasteiger partial charge in [0.25, 0.3) is 0 Å². The van der Waals surface area contributed by atoms with Crippen molar-refractivity contribution in [1.29, 1.82) is 0 Å². The molecule has 3 fully saturated rings. The number of aliphatic hydroxyl groups excluding tert-OH is 1. The summed E-state index contributed by atoms with van der Waals surface area (Å²) in [5.74, 6) is -3.51. The van der Waals surface area contributed by atoms with E-state index in [1.165, 1.54) is 14.2 Å². The number of carbonyl (C=O) groups is 2. The predicted octanol–water partition coefficient (Wildman–Crippen LogP) is 5.08. The molecule has 4 heterocycles. The highest BCUT2D eigenvalue weighted by atomic mass is 16.7. The van der Waals surface area contributed by atoms with Gasteiger partial charge in [0.1, 0.15) is 43.0 Å². The molecule has 288 valence electrons. The fourth-order valence-corrected chi connectivity index (χ4v) is 8.28. The summed E-state index contributed by atoms with van der Waals surface area (Å²) in [4.78, 5) is 33.1. The van der Waals surface area contributed by atoms with Crippen molar-refractivity contribution in [3.8, 4) is 0 Å². The molecule has 1 spiro atoms. The van der Waals surface area contributed by atoms with Crippen molar-refractivity contribution in [3.63, 3.8) is 0 Å². The van der Waals surface area contributed by atoms with Gasteiger partial charge in [-0.05, 0) is 50.7 Å². The third-order valence-corrected chi connectivity index (χ3v) is 11.4. The van der Waals surface area contributed by atoms with Crippen LogP contribution in [0.15, 0.2) is 82.6 Å². The van der Waals surface area contributed by atoms with Crippen molar-refractivity contribution >= 4 is 17.7 Å². The second-order valence-electron chi connectivity index (χ2n) is 15.1. The van der Waals surface area contributed by atoms with Crippen LogP contribution >= 0.6 is 0 Å². The van der Waals surface area contributed by atoms with Crippen LogP contribution in [0.5, 0.6) is 0 Å². The largest absolute Gasteiger partial charge is 0.462 e. The number of fused-ring (bicyclic) bond motifs is 2. The topological polar surface area (TPSA) is 152 Å². The van der Waals surface area contributed by atoms with E-state index in [-0.39, 0.29) is 23.3 Å². The number of carbonyl (C=O) groups excluding carboxylic acids is 2. The second-order valence-corrected chi connectivity index (χ2v) is 15.1. The molecule has 3 saturated heterocycles. The van der Waals surface area contributed by atoms with E-state index in [0.29, 0.717) is 42.7 Å². The van der Waals surface area contributed by atoms with E-state index in [0.717, 1.165) is 12.0 Å². The average Bonchev–Trinajstić information content (AvgIpc) is 3.43. The number of rotatable bonds is 5. The Balaban J connectivity index is 1.42. The third-order valence-electron chi connectivity index (χ3n) is 11.4. The van der Waals surface area contributed by atoms with Gasteiger partial charge in [-0.2, -0.15) is 0 Å². The number of oxime groups is 1. The van der Waals surface area contributed by atoms with Gasteiger partial charge >= 0.3 is 11.9 Å². The first-order chi connectivity index (χ1) is 25.3. The van der Waals surface area contributed by atoms with Gasteiger partial charge in [-0.3, -0.25) is 4.79 Å². The van der Waals surface area contributed by atoms with Gasteiger partial charge < -0.3 is 43.5 Å². The third kappa shape index (κ3) is 7.81. The van der Waals surface area contributed by atoms with Crippen molar-refractivity contribution in [1.82, 2.24) is 0 Å². The monoisotopic (exact) mass is 735 g/mol. The Bertz CT molecular complexity index is 1670. The summed E-state index contributed by atoms with van der Waals surface area (Å²) in [7, 11) is 2.80. The number of methoxy groups -OCH3 is 1. The van der Waals surface area contributed by atoms with E-state index in [1.54, 1.807) is 49.4 Å². The van der Waals surface area contributed by atoms with Crippen LogP contribution in [0.1, 0.15) is 72.3 Å². The zero-order valence-corrected chi connectivity index (χ0v) is 31.6. The molecule has 12 atom stereocenters. The van der Waals surface area contributed by atoms with Crippen LogP contribution in [0.3, 0.4) is 0 Å². The number of allylic oxidation sites excluding steroid dienone is 2. The van der Waals surface area contributed by atoms with E-state index in [1.807, 2.05) is 39.0 Å². The van der Waals surface area contributed by atoms with E-state index in [2.05, 4.69) is 12.1 Å². The van der Waals surface area contributed by atoms with Gasteiger partial charge in [0.2, 0.25) is 0 Å². The average molecular weight is 736 g/mol. The van der Waals surface area contributed by atoms with E-state index >= 15 is 0 Å². The molecule has 1 aliphatic carbocycles. The molecule has 0 saturated carbocycles. The molecule has 12 heteroatoms. The Morgan fingerprint density at radius 3 is 2.49 bits per heavy atom. The van der Waals surface area contributed by atoms with Crippen LogP contribution < -0.4 is 0 Å². The summed E-state index contributed by atoms with van der Waals surface area (Å²) in [5.41, 5.74) is 0.0890. The van der Waals surface area contributed by atoms with Gasteiger partial charge in [-0.25, -0.2) is 4.79 Å². The minimum absolute atomic E-state index is 0.0240. The molecule has 53 heavy (non-hydrogen) atoms. The maximum absolute atomic E-state index is 14.2. The first-order valence-electron chi connectivity index (χ1n) is 18.6. The first kappa shape index (κ1) is 39.1. The standard InChI is InChI=1S/C41H53NO11/c1-23-18-19-40(52-27(23)5)22-30-21-29(53-40)17-16-25(3)35(50-38(45)33(42-48-7)28-13-9-8-10-14-28)24(2)12-11-15-31-39(47-6)51-36-34(43)26(4)20-32(37(44)49-30)41(31,36)46/h8-16,20,23-24,27,29-30,32,34-36,39,43,46H,17-19,21-22H2,1-7H3/b12-11+,25-16+,31-15+,42-33+/t23-,24-,27?,29?,30?,32?,34+,35?,36?,39-,40?,41+/m0/s1. The maximum Gasteiger partial charge on any atom is 0.361 e. The zero-order valence-electron chi connectivity index (χ0n) is 31.6. The molecule has 0 radical (unpaired) electrons. The fourth-order valence-electron chi connectivity index (χ4n) is 8.28.